The van der Waals surface area contributed by atoms with Crippen molar-refractivity contribution in [1.82, 2.24) is 10.3 Å². The third kappa shape index (κ3) is 8.74. The molecule has 5 aromatic rings. The minimum atomic E-state index is -0.506. The number of nitro groups is 1. The normalized spacial score (nSPS) is 11.0. The fourth-order valence-electron chi connectivity index (χ4n) is 4.28. The van der Waals surface area contributed by atoms with Crippen LogP contribution in [0.15, 0.2) is 119 Å². The number of rotatable bonds is 11. The Morgan fingerprint density at radius 3 is 2.48 bits per heavy atom. The van der Waals surface area contributed by atoms with E-state index in [0.29, 0.717) is 27.6 Å². The highest BCUT2D eigenvalue weighted by Gasteiger charge is 2.16. The van der Waals surface area contributed by atoms with Crippen LogP contribution in [0.4, 0.5) is 16.5 Å². The maximum Gasteiger partial charge on any atom is 0.272 e. The molecule has 3 N–H and O–H groups in total. The van der Waals surface area contributed by atoms with Crippen LogP contribution in [-0.4, -0.2) is 33.4 Å². The predicted octanol–water partition coefficient (Wildman–Crippen LogP) is 7.17. The zero-order valence-electron chi connectivity index (χ0n) is 24.4. The number of aromatic nitrogens is 1. The van der Waals surface area contributed by atoms with Gasteiger partial charge in [-0.3, -0.25) is 24.5 Å². The van der Waals surface area contributed by atoms with Gasteiger partial charge >= 0.3 is 0 Å². The molecule has 0 spiro atoms. The molecule has 1 heterocycles. The molecule has 0 radical (unpaired) electrons. The minimum absolute atomic E-state index is 0.0404. The van der Waals surface area contributed by atoms with E-state index >= 15 is 0 Å². The first kappa shape index (κ1) is 31.8. The number of amides is 3. The zero-order chi connectivity index (χ0) is 32.5. The second-order valence-corrected chi connectivity index (χ2v) is 11.9. The Bertz CT molecular complexity index is 1940. The third-order valence-corrected chi connectivity index (χ3v) is 8.20. The molecule has 0 saturated carbocycles. The van der Waals surface area contributed by atoms with Gasteiger partial charge in [0.2, 0.25) is 5.91 Å². The van der Waals surface area contributed by atoms with E-state index in [2.05, 4.69) is 20.9 Å². The van der Waals surface area contributed by atoms with Crippen molar-refractivity contribution in [3.05, 3.63) is 141 Å². The maximum absolute atomic E-state index is 13.4. The van der Waals surface area contributed by atoms with E-state index in [0.717, 1.165) is 16.0 Å². The lowest BCUT2D eigenvalue weighted by atomic mass is 10.1. The number of anilines is 2. The molecule has 1 aromatic heterocycles. The summed E-state index contributed by atoms with van der Waals surface area (Å²) in [5.74, 6) is -1.13. The summed E-state index contributed by atoms with van der Waals surface area (Å²) in [4.78, 5) is 54.7. The molecule has 12 heteroatoms. The van der Waals surface area contributed by atoms with Gasteiger partial charge in [-0.1, -0.05) is 66.2 Å². The summed E-state index contributed by atoms with van der Waals surface area (Å²) in [5, 5.41) is 21.5. The largest absolute Gasteiger partial charge is 0.321 e. The van der Waals surface area contributed by atoms with Crippen molar-refractivity contribution >= 4 is 63.4 Å². The Morgan fingerprint density at radius 2 is 1.70 bits per heavy atom. The summed E-state index contributed by atoms with van der Waals surface area (Å²) in [6.07, 6.45) is 1.62. The maximum atomic E-state index is 13.4. The Labute approximate surface area is 272 Å². The van der Waals surface area contributed by atoms with Crippen LogP contribution < -0.4 is 16.0 Å². The Kier molecular flexibility index (Phi) is 10.3. The molecule has 0 aliphatic carbocycles. The second-order valence-electron chi connectivity index (χ2n) is 9.96. The smallest absolute Gasteiger partial charge is 0.272 e. The van der Waals surface area contributed by atoms with Gasteiger partial charge in [-0.2, -0.15) is 0 Å². The van der Waals surface area contributed by atoms with Crippen molar-refractivity contribution in [1.29, 1.82) is 0 Å². The molecule has 10 nitrogen and oxygen atoms in total. The number of non-ortho nitro benzene ring substituents is 1. The number of hydrogen-bond donors (Lipinski definition) is 3. The first-order valence-corrected chi connectivity index (χ1v) is 15.8. The highest BCUT2D eigenvalue weighted by molar-refractivity contribution is 8.00. The van der Waals surface area contributed by atoms with Crippen LogP contribution in [0.2, 0.25) is 0 Å². The van der Waals surface area contributed by atoms with Crippen molar-refractivity contribution in [3.8, 4) is 11.3 Å². The zero-order valence-corrected chi connectivity index (χ0v) is 26.1. The first-order valence-electron chi connectivity index (χ1n) is 13.9. The molecule has 0 fully saturated rings. The van der Waals surface area contributed by atoms with E-state index in [9.17, 15) is 24.5 Å². The van der Waals surface area contributed by atoms with Crippen LogP contribution >= 0.6 is 23.1 Å². The predicted molar refractivity (Wildman–Crippen MR) is 182 cm³/mol. The number of carbonyl (C=O) groups is 3. The van der Waals surface area contributed by atoms with E-state index in [-0.39, 0.29) is 23.0 Å². The molecular formula is C34H27N5O5S2. The van der Waals surface area contributed by atoms with Gasteiger partial charge in [0, 0.05) is 39.2 Å². The van der Waals surface area contributed by atoms with E-state index < -0.39 is 16.7 Å². The number of nitrogens with one attached hydrogen (secondary N) is 3. The molecule has 230 valence electrons. The molecule has 0 saturated heterocycles. The van der Waals surface area contributed by atoms with Crippen molar-refractivity contribution in [2.45, 2.75) is 11.8 Å². The number of thioether (sulfide) groups is 1. The summed E-state index contributed by atoms with van der Waals surface area (Å²) in [6, 6.07) is 29.4. The average Bonchev–Trinajstić information content (AvgIpc) is 3.52. The highest BCUT2D eigenvalue weighted by atomic mass is 32.2. The van der Waals surface area contributed by atoms with Gasteiger partial charge in [-0.25, -0.2) is 4.98 Å². The molecule has 0 bridgehead atoms. The van der Waals surface area contributed by atoms with Crippen molar-refractivity contribution in [3.63, 3.8) is 0 Å². The van der Waals surface area contributed by atoms with Crippen LogP contribution in [0.1, 0.15) is 21.5 Å². The Balaban J connectivity index is 1.22. The first-order chi connectivity index (χ1) is 22.2. The van der Waals surface area contributed by atoms with Gasteiger partial charge in [-0.15, -0.1) is 23.1 Å². The van der Waals surface area contributed by atoms with Gasteiger partial charge in [0.15, 0.2) is 5.13 Å². The Hall–Kier alpha value is -5.59. The number of aryl methyl sites for hydroxylation is 1. The van der Waals surface area contributed by atoms with Crippen LogP contribution in [0.3, 0.4) is 0 Å². The quantitative estimate of drug-likeness (QED) is 0.0596. The fourth-order valence-corrected chi connectivity index (χ4v) is 5.77. The van der Waals surface area contributed by atoms with Gasteiger partial charge in [0.1, 0.15) is 5.70 Å². The van der Waals surface area contributed by atoms with Crippen LogP contribution in [-0.2, 0) is 9.59 Å². The topological polar surface area (TPSA) is 143 Å². The number of carbonyl (C=O) groups excluding carboxylic acids is 3. The van der Waals surface area contributed by atoms with E-state index in [1.54, 1.807) is 72.1 Å². The summed E-state index contributed by atoms with van der Waals surface area (Å²) in [7, 11) is 0. The lowest BCUT2D eigenvalue weighted by Gasteiger charge is -2.12. The highest BCUT2D eigenvalue weighted by Crippen LogP contribution is 2.28. The standard InChI is InChI=1S/C34H27N5O5S2/c1-22-8-5-9-23(16-22)17-29(36-32(41)24-10-3-2-4-11-24)33(42)35-26-13-7-15-28(19-26)45-21-31(40)38-34-37-30(20-46-34)25-12-6-14-27(18-25)39(43)44/h2-20H,21H2,1H3,(H,35,42)(H,36,41)(H,37,38,40)/b29-17+. The van der Waals surface area contributed by atoms with E-state index in [1.807, 2.05) is 37.3 Å². The second kappa shape index (κ2) is 14.9. The van der Waals surface area contributed by atoms with Crippen molar-refractivity contribution in [2.24, 2.45) is 0 Å². The summed E-state index contributed by atoms with van der Waals surface area (Å²) >= 11 is 2.49. The van der Waals surface area contributed by atoms with Gasteiger partial charge in [-0.05, 0) is 48.9 Å². The minimum Gasteiger partial charge on any atom is -0.321 e. The summed E-state index contributed by atoms with van der Waals surface area (Å²) in [6.45, 7) is 1.94. The molecule has 4 aromatic carbocycles. The number of nitrogens with zero attached hydrogens (tertiary/aromatic N) is 2. The number of hydrogen-bond acceptors (Lipinski definition) is 8. The SMILES string of the molecule is Cc1cccc(/C=C(/NC(=O)c2ccccc2)C(=O)Nc2cccc(SCC(=O)Nc3nc(-c4cccc([N+](=O)[O-])c4)cs3)c2)c1. The van der Waals surface area contributed by atoms with Gasteiger partial charge in [0.25, 0.3) is 17.5 Å². The van der Waals surface area contributed by atoms with E-state index in [1.165, 1.54) is 35.2 Å². The fraction of sp³-hybridized carbons (Fsp3) is 0.0588. The molecular weight excluding hydrogens is 623 g/mol. The van der Waals surface area contributed by atoms with Crippen LogP contribution in [0.25, 0.3) is 17.3 Å². The number of nitro benzene ring substituents is 1. The van der Waals surface area contributed by atoms with Crippen LogP contribution in [0, 0.1) is 17.0 Å². The monoisotopic (exact) mass is 649 g/mol. The van der Waals surface area contributed by atoms with Crippen molar-refractivity contribution in [2.75, 3.05) is 16.4 Å². The molecule has 46 heavy (non-hydrogen) atoms. The molecule has 0 unspecified atom stereocenters. The molecule has 0 aliphatic rings. The van der Waals surface area contributed by atoms with E-state index in [4.69, 9.17) is 0 Å². The summed E-state index contributed by atoms with van der Waals surface area (Å²) in [5.41, 5.74) is 3.81. The molecule has 3 amide bonds. The van der Waals surface area contributed by atoms with Crippen LogP contribution in [0.5, 0.6) is 0 Å². The lowest BCUT2D eigenvalue weighted by molar-refractivity contribution is -0.384. The van der Waals surface area contributed by atoms with Gasteiger partial charge in [0.05, 0.1) is 16.4 Å². The number of benzene rings is 4. The van der Waals surface area contributed by atoms with Crippen molar-refractivity contribution < 1.29 is 19.3 Å². The summed E-state index contributed by atoms with van der Waals surface area (Å²) < 4.78 is 0. The third-order valence-electron chi connectivity index (χ3n) is 6.45. The Morgan fingerprint density at radius 1 is 0.913 bits per heavy atom. The molecule has 0 atom stereocenters. The molecule has 5 rings (SSSR count). The average molecular weight is 650 g/mol. The number of thiazole rings is 1. The van der Waals surface area contributed by atoms with Gasteiger partial charge < -0.3 is 16.0 Å². The molecule has 0 aliphatic heterocycles. The lowest BCUT2D eigenvalue weighted by Crippen LogP contribution is -2.30.